The molecule has 16 heteroatoms. The van der Waals surface area contributed by atoms with E-state index in [0.29, 0.717) is 22.8 Å². The van der Waals surface area contributed by atoms with Gasteiger partial charge in [-0.05, 0) is 50.5 Å². The number of imidazole rings is 1. The molecule has 0 aliphatic heterocycles. The minimum atomic E-state index is -5.00. The Labute approximate surface area is 227 Å². The molecule has 1 atom stereocenters. The van der Waals surface area contributed by atoms with Gasteiger partial charge in [-0.2, -0.15) is 13.2 Å². The van der Waals surface area contributed by atoms with E-state index in [1.807, 2.05) is 0 Å². The molecule has 11 nitrogen and oxygen atoms in total. The monoisotopic (exact) mass is 585 g/mol. The third-order valence-corrected chi connectivity index (χ3v) is 7.04. The van der Waals surface area contributed by atoms with Gasteiger partial charge < -0.3 is 20.4 Å². The summed E-state index contributed by atoms with van der Waals surface area (Å²) in [5, 5.41) is 5.59. The van der Waals surface area contributed by atoms with E-state index in [4.69, 9.17) is 0 Å². The zero-order chi connectivity index (χ0) is 29.2. The van der Waals surface area contributed by atoms with Crippen molar-refractivity contribution in [3.63, 3.8) is 0 Å². The quantitative estimate of drug-likeness (QED) is 0.257. The molecule has 0 radical (unpaired) electrons. The number of aryl methyl sites for hydroxylation is 1. The topological polar surface area (TPSA) is 151 Å². The van der Waals surface area contributed by atoms with Crippen LogP contribution in [0.1, 0.15) is 37.1 Å². The van der Waals surface area contributed by atoms with Crippen LogP contribution < -0.4 is 15.4 Å². The van der Waals surface area contributed by atoms with E-state index in [1.54, 1.807) is 24.6 Å². The fraction of sp³-hybridized carbons (Fsp3) is 0.417. The van der Waals surface area contributed by atoms with E-state index < -0.39 is 39.6 Å². The number of aromatic amines is 1. The summed E-state index contributed by atoms with van der Waals surface area (Å²) in [4.78, 5) is 27.8. The van der Waals surface area contributed by atoms with Gasteiger partial charge in [0, 0.05) is 30.3 Å². The second-order valence-corrected chi connectivity index (χ2v) is 11.2. The number of rotatable bonds is 10. The van der Waals surface area contributed by atoms with Gasteiger partial charge in [-0.15, -0.1) is 0 Å². The number of sulfonamides is 1. The molecule has 1 saturated carbocycles. The lowest BCUT2D eigenvalue weighted by Gasteiger charge is -2.14. The number of hydrogen-bond acceptors (Lipinski definition) is 8. The van der Waals surface area contributed by atoms with Crippen LogP contribution in [-0.2, 0) is 14.8 Å². The SMILES string of the molecule is COC(=O)NC(C)CNc1nccc(-c2[nH]c(C3CC3)nc2-c2cc(C)cc(NS(=O)(=O)CC(F)(F)F)c2F)n1. The highest BCUT2D eigenvalue weighted by Gasteiger charge is 2.36. The van der Waals surface area contributed by atoms with Crippen molar-refractivity contribution in [2.75, 3.05) is 29.4 Å². The maximum atomic E-state index is 15.7. The predicted molar refractivity (Wildman–Crippen MR) is 139 cm³/mol. The summed E-state index contributed by atoms with van der Waals surface area (Å²) >= 11 is 0. The minimum absolute atomic E-state index is 0.116. The molecular formula is C24H27F4N7O4S. The average molecular weight is 586 g/mol. The third kappa shape index (κ3) is 7.37. The molecule has 4 rings (SSSR count). The van der Waals surface area contributed by atoms with Gasteiger partial charge in [-0.25, -0.2) is 32.6 Å². The summed E-state index contributed by atoms with van der Waals surface area (Å²) in [6.07, 6.45) is -2.40. The van der Waals surface area contributed by atoms with Gasteiger partial charge in [0.15, 0.2) is 11.6 Å². The van der Waals surface area contributed by atoms with Crippen molar-refractivity contribution in [1.29, 1.82) is 0 Å². The largest absolute Gasteiger partial charge is 0.453 e. The molecule has 1 unspecified atom stereocenters. The molecule has 3 aromatic rings. The number of halogens is 4. The van der Waals surface area contributed by atoms with E-state index in [-0.39, 0.29) is 35.7 Å². The fourth-order valence-corrected chi connectivity index (χ4v) is 4.88. The van der Waals surface area contributed by atoms with E-state index in [0.717, 1.165) is 18.9 Å². The van der Waals surface area contributed by atoms with E-state index >= 15 is 4.39 Å². The molecule has 0 saturated heterocycles. The second kappa shape index (κ2) is 11.3. The van der Waals surface area contributed by atoms with E-state index in [1.165, 1.54) is 19.4 Å². The summed E-state index contributed by atoms with van der Waals surface area (Å²) in [5.41, 5.74) is 0.414. The fourth-order valence-electron chi connectivity index (χ4n) is 3.90. The Bertz CT molecular complexity index is 1510. The number of benzene rings is 1. The van der Waals surface area contributed by atoms with Crippen LogP contribution in [0.4, 0.5) is 34.0 Å². The summed E-state index contributed by atoms with van der Waals surface area (Å²) in [6.45, 7) is 3.55. The molecule has 0 spiro atoms. The molecule has 1 amide bonds. The summed E-state index contributed by atoms with van der Waals surface area (Å²) in [6, 6.07) is 3.77. The first-order chi connectivity index (χ1) is 18.7. The number of H-pyrrole nitrogens is 1. The number of alkyl carbamates (subject to hydrolysis) is 1. The van der Waals surface area contributed by atoms with Crippen LogP contribution in [0.15, 0.2) is 24.4 Å². The van der Waals surface area contributed by atoms with Crippen LogP contribution in [0.2, 0.25) is 0 Å². The van der Waals surface area contributed by atoms with Crippen LogP contribution >= 0.6 is 0 Å². The van der Waals surface area contributed by atoms with Crippen molar-refractivity contribution in [2.24, 2.45) is 0 Å². The molecule has 1 fully saturated rings. The Hall–Kier alpha value is -3.95. The van der Waals surface area contributed by atoms with E-state index in [9.17, 15) is 26.4 Å². The molecule has 1 aliphatic rings. The van der Waals surface area contributed by atoms with Gasteiger partial charge in [-0.3, -0.25) is 4.72 Å². The van der Waals surface area contributed by atoms with Crippen LogP contribution in [0.25, 0.3) is 22.6 Å². The smallest absolute Gasteiger partial charge is 0.407 e. The molecule has 2 aromatic heterocycles. The van der Waals surface area contributed by atoms with Gasteiger partial charge in [0.1, 0.15) is 11.5 Å². The molecule has 1 aromatic carbocycles. The van der Waals surface area contributed by atoms with Crippen molar-refractivity contribution < 1.29 is 35.5 Å². The minimum Gasteiger partial charge on any atom is -0.453 e. The number of ether oxygens (including phenoxy) is 1. The number of methoxy groups -OCH3 is 1. The second-order valence-electron chi connectivity index (χ2n) is 9.45. The first-order valence-electron chi connectivity index (χ1n) is 12.1. The highest BCUT2D eigenvalue weighted by Crippen LogP contribution is 2.42. The Morgan fingerprint density at radius 3 is 2.62 bits per heavy atom. The number of carbonyl (C=O) groups excluding carboxylic acids is 1. The molecule has 40 heavy (non-hydrogen) atoms. The number of nitrogens with zero attached hydrogens (tertiary/aromatic N) is 3. The molecule has 1 aliphatic carbocycles. The number of aromatic nitrogens is 4. The lowest BCUT2D eigenvalue weighted by molar-refractivity contribution is -0.106. The van der Waals surface area contributed by atoms with Crippen molar-refractivity contribution >= 4 is 27.8 Å². The maximum Gasteiger partial charge on any atom is 0.407 e. The number of anilines is 2. The van der Waals surface area contributed by atoms with Crippen LogP contribution in [0.5, 0.6) is 0 Å². The number of hydrogen-bond donors (Lipinski definition) is 4. The number of alkyl halides is 3. The number of amides is 1. The molecule has 216 valence electrons. The number of nitrogens with one attached hydrogen (secondary N) is 4. The summed E-state index contributed by atoms with van der Waals surface area (Å²) in [5.74, 6) is -2.34. The third-order valence-electron chi connectivity index (χ3n) is 5.81. The highest BCUT2D eigenvalue weighted by molar-refractivity contribution is 7.92. The van der Waals surface area contributed by atoms with Crippen LogP contribution in [0, 0.1) is 12.7 Å². The molecular weight excluding hydrogens is 558 g/mol. The standard InChI is InChI=1S/C24H27F4N7O4S/c1-12-8-15(18(25)17(9-12)35-40(37,38)11-24(26,27)28)19-20(34-21(33-19)14-4-5-14)16-6-7-29-22(32-16)30-10-13(2)31-23(36)39-3/h6-9,13-14,35H,4-5,10-11H2,1-3H3,(H,31,36)(H,33,34)(H,29,30,32). The lowest BCUT2D eigenvalue weighted by atomic mass is 10.0. The van der Waals surface area contributed by atoms with E-state index in [2.05, 4.69) is 35.3 Å². The Kier molecular flexibility index (Phi) is 8.18. The van der Waals surface area contributed by atoms with Gasteiger partial charge in [-0.1, -0.05) is 0 Å². The average Bonchev–Trinajstić information content (AvgIpc) is 3.61. The van der Waals surface area contributed by atoms with Gasteiger partial charge >= 0.3 is 12.3 Å². The highest BCUT2D eigenvalue weighted by atomic mass is 32.2. The maximum absolute atomic E-state index is 15.7. The molecule has 0 bridgehead atoms. The first kappa shape index (κ1) is 29.0. The van der Waals surface area contributed by atoms with Crippen molar-refractivity contribution in [2.45, 2.75) is 44.8 Å². The predicted octanol–water partition coefficient (Wildman–Crippen LogP) is 4.32. The van der Waals surface area contributed by atoms with Crippen LogP contribution in [0.3, 0.4) is 0 Å². The first-order valence-corrected chi connectivity index (χ1v) is 13.8. The van der Waals surface area contributed by atoms with Gasteiger partial charge in [0.25, 0.3) is 0 Å². The van der Waals surface area contributed by atoms with Crippen LogP contribution in [-0.4, -0.2) is 66.1 Å². The van der Waals surface area contributed by atoms with Crippen molar-refractivity contribution in [3.05, 3.63) is 41.6 Å². The zero-order valence-electron chi connectivity index (χ0n) is 21.7. The lowest BCUT2D eigenvalue weighted by Crippen LogP contribution is -2.37. The number of carbonyl (C=O) groups is 1. The Balaban J connectivity index is 1.69. The zero-order valence-corrected chi connectivity index (χ0v) is 22.5. The molecule has 2 heterocycles. The van der Waals surface area contributed by atoms with Crippen molar-refractivity contribution in [3.8, 4) is 22.6 Å². The van der Waals surface area contributed by atoms with Gasteiger partial charge in [0.05, 0.1) is 24.2 Å². The van der Waals surface area contributed by atoms with Gasteiger partial charge in [0.2, 0.25) is 16.0 Å². The normalized spacial score (nSPS) is 14.5. The Morgan fingerprint density at radius 1 is 1.25 bits per heavy atom. The summed E-state index contributed by atoms with van der Waals surface area (Å²) < 4.78 is 84.3. The van der Waals surface area contributed by atoms with Crippen molar-refractivity contribution in [1.82, 2.24) is 25.3 Å². The molecule has 4 N–H and O–H groups in total. The summed E-state index contributed by atoms with van der Waals surface area (Å²) in [7, 11) is -3.68. The Morgan fingerprint density at radius 2 is 1.98 bits per heavy atom.